The lowest BCUT2D eigenvalue weighted by Crippen LogP contribution is -2.47. The molecule has 0 saturated carbocycles. The first-order chi connectivity index (χ1) is 8.44. The van der Waals surface area contributed by atoms with E-state index in [1.807, 2.05) is 13.8 Å². The molecule has 0 aromatic rings. The van der Waals surface area contributed by atoms with E-state index in [4.69, 9.17) is 4.84 Å². The molecule has 0 bridgehead atoms. The molecule has 0 unspecified atom stereocenters. The quantitative estimate of drug-likeness (QED) is 0.458. The Morgan fingerprint density at radius 3 is 2.83 bits per heavy atom. The van der Waals surface area contributed by atoms with E-state index in [1.54, 1.807) is 6.92 Å². The summed E-state index contributed by atoms with van der Waals surface area (Å²) in [4.78, 5) is 5.20. The van der Waals surface area contributed by atoms with Gasteiger partial charge in [0.15, 0.2) is 9.84 Å². The van der Waals surface area contributed by atoms with E-state index in [9.17, 15) is 8.42 Å². The van der Waals surface area contributed by atoms with Crippen LogP contribution in [-0.2, 0) is 14.7 Å². The molecule has 1 aliphatic heterocycles. The van der Waals surface area contributed by atoms with Crippen LogP contribution in [0.5, 0.6) is 0 Å². The lowest BCUT2D eigenvalue weighted by Gasteiger charge is -2.22. The second kappa shape index (κ2) is 6.76. The predicted octanol–water partition coefficient (Wildman–Crippen LogP) is 0.425. The standard InChI is InChI=1S/C12H20N2O3S/c1-4-5-12(10(2)3)14-17-8-11-9-18(15,16)7-6-13-11/h10-11,13H,6-9H2,1-3H3/b14-12+/t11-/m0/s1. The van der Waals surface area contributed by atoms with Crippen LogP contribution in [0.25, 0.3) is 0 Å². The maximum Gasteiger partial charge on any atom is 0.153 e. The highest BCUT2D eigenvalue weighted by molar-refractivity contribution is 7.91. The smallest absolute Gasteiger partial charge is 0.153 e. The number of nitrogens with zero attached hydrogens (tertiary/aromatic N) is 1. The molecule has 1 saturated heterocycles. The maximum absolute atomic E-state index is 11.4. The lowest BCUT2D eigenvalue weighted by atomic mass is 10.1. The molecule has 5 nitrogen and oxygen atoms in total. The third kappa shape index (κ3) is 5.07. The second-order valence-electron chi connectivity index (χ2n) is 4.57. The van der Waals surface area contributed by atoms with Gasteiger partial charge >= 0.3 is 0 Å². The largest absolute Gasteiger partial charge is 0.393 e. The third-order valence-corrected chi connectivity index (χ3v) is 4.28. The molecule has 1 rings (SSSR count). The van der Waals surface area contributed by atoms with Crippen molar-refractivity contribution in [3.63, 3.8) is 0 Å². The van der Waals surface area contributed by atoms with E-state index in [0.717, 1.165) is 0 Å². The molecule has 0 radical (unpaired) electrons. The number of nitrogens with one attached hydrogen (secondary N) is 1. The van der Waals surface area contributed by atoms with Crippen molar-refractivity contribution in [3.05, 3.63) is 0 Å². The van der Waals surface area contributed by atoms with Gasteiger partial charge in [-0.3, -0.25) is 0 Å². The molecular weight excluding hydrogens is 252 g/mol. The first-order valence-corrected chi connectivity index (χ1v) is 7.83. The van der Waals surface area contributed by atoms with Gasteiger partial charge in [0.05, 0.1) is 17.5 Å². The van der Waals surface area contributed by atoms with Crippen molar-refractivity contribution in [1.29, 1.82) is 0 Å². The summed E-state index contributed by atoms with van der Waals surface area (Å²) in [5.74, 6) is 6.16. The molecular formula is C12H20N2O3S. The van der Waals surface area contributed by atoms with Crippen LogP contribution in [-0.4, -0.2) is 44.8 Å². The Morgan fingerprint density at radius 2 is 2.28 bits per heavy atom. The number of hydrogen-bond donors (Lipinski definition) is 1. The molecule has 1 aliphatic rings. The molecule has 0 aromatic carbocycles. The van der Waals surface area contributed by atoms with E-state index in [2.05, 4.69) is 22.3 Å². The fourth-order valence-corrected chi connectivity index (χ4v) is 2.99. The molecule has 1 atom stereocenters. The van der Waals surface area contributed by atoms with Gasteiger partial charge in [-0.05, 0) is 12.8 Å². The highest BCUT2D eigenvalue weighted by Crippen LogP contribution is 2.03. The van der Waals surface area contributed by atoms with Crippen molar-refractivity contribution in [2.45, 2.75) is 26.8 Å². The lowest BCUT2D eigenvalue weighted by molar-refractivity contribution is 0.123. The molecule has 0 spiro atoms. The van der Waals surface area contributed by atoms with Gasteiger partial charge in [-0.2, -0.15) is 0 Å². The second-order valence-corrected chi connectivity index (χ2v) is 6.80. The summed E-state index contributed by atoms with van der Waals surface area (Å²) in [7, 11) is -2.93. The topological polar surface area (TPSA) is 67.8 Å². The van der Waals surface area contributed by atoms with Crippen molar-refractivity contribution in [2.24, 2.45) is 11.1 Å². The number of oxime groups is 1. The average molecular weight is 272 g/mol. The van der Waals surface area contributed by atoms with Crippen molar-refractivity contribution < 1.29 is 13.3 Å². The van der Waals surface area contributed by atoms with Crippen molar-refractivity contribution in [1.82, 2.24) is 5.32 Å². The third-order valence-electron chi connectivity index (χ3n) is 2.54. The summed E-state index contributed by atoms with van der Waals surface area (Å²) in [6.07, 6.45) is 0. The normalized spacial score (nSPS) is 23.3. The number of sulfone groups is 1. The minimum Gasteiger partial charge on any atom is -0.393 e. The van der Waals surface area contributed by atoms with Crippen molar-refractivity contribution in [3.8, 4) is 11.8 Å². The molecule has 18 heavy (non-hydrogen) atoms. The monoisotopic (exact) mass is 272 g/mol. The minimum absolute atomic E-state index is 0.110. The van der Waals surface area contributed by atoms with Gasteiger partial charge in [-0.25, -0.2) is 8.42 Å². The maximum atomic E-state index is 11.4. The molecule has 6 heteroatoms. The Balaban J connectivity index is 2.49. The molecule has 0 aromatic heterocycles. The van der Waals surface area contributed by atoms with Gasteiger partial charge in [0, 0.05) is 12.5 Å². The molecule has 1 fully saturated rings. The summed E-state index contributed by atoms with van der Waals surface area (Å²) in [6, 6.07) is -0.185. The van der Waals surface area contributed by atoms with Gasteiger partial charge in [-0.1, -0.05) is 24.9 Å². The van der Waals surface area contributed by atoms with E-state index in [0.29, 0.717) is 12.3 Å². The van der Waals surface area contributed by atoms with Gasteiger partial charge in [-0.15, -0.1) is 0 Å². The van der Waals surface area contributed by atoms with Crippen LogP contribution in [0.3, 0.4) is 0 Å². The first kappa shape index (κ1) is 15.0. The van der Waals surface area contributed by atoms with Crippen LogP contribution in [0.4, 0.5) is 0 Å². The highest BCUT2D eigenvalue weighted by atomic mass is 32.2. The number of hydrogen-bond acceptors (Lipinski definition) is 5. The summed E-state index contributed by atoms with van der Waals surface area (Å²) in [6.45, 7) is 6.44. The first-order valence-electron chi connectivity index (χ1n) is 6.01. The van der Waals surface area contributed by atoms with Crippen LogP contribution in [0.2, 0.25) is 0 Å². The molecule has 102 valence electrons. The van der Waals surface area contributed by atoms with Gasteiger partial charge in [0.2, 0.25) is 0 Å². The Morgan fingerprint density at radius 1 is 1.56 bits per heavy atom. The summed E-state index contributed by atoms with van der Waals surface area (Å²) in [5.41, 5.74) is 0.677. The fraction of sp³-hybridized carbons (Fsp3) is 0.750. The van der Waals surface area contributed by atoms with Gasteiger partial charge in [0.25, 0.3) is 0 Å². The van der Waals surface area contributed by atoms with E-state index in [-0.39, 0.29) is 30.1 Å². The predicted molar refractivity (Wildman–Crippen MR) is 72.1 cm³/mol. The van der Waals surface area contributed by atoms with Gasteiger partial charge in [0.1, 0.15) is 12.3 Å². The molecule has 1 heterocycles. The van der Waals surface area contributed by atoms with Crippen LogP contribution in [0.1, 0.15) is 20.8 Å². The zero-order chi connectivity index (χ0) is 13.6. The van der Waals surface area contributed by atoms with Crippen molar-refractivity contribution in [2.75, 3.05) is 24.7 Å². The molecule has 1 N–H and O–H groups in total. The Hall–Kier alpha value is -1.06. The Labute approximate surface area is 109 Å². The van der Waals surface area contributed by atoms with Crippen molar-refractivity contribution >= 4 is 15.5 Å². The van der Waals surface area contributed by atoms with E-state index < -0.39 is 9.84 Å². The zero-order valence-electron chi connectivity index (χ0n) is 11.1. The number of rotatable bonds is 4. The highest BCUT2D eigenvalue weighted by Gasteiger charge is 2.24. The van der Waals surface area contributed by atoms with Crippen LogP contribution >= 0.6 is 0 Å². The Bertz CT molecular complexity index is 457. The zero-order valence-corrected chi connectivity index (χ0v) is 11.9. The van der Waals surface area contributed by atoms with E-state index in [1.165, 1.54) is 0 Å². The minimum atomic E-state index is -2.93. The van der Waals surface area contributed by atoms with Crippen LogP contribution in [0.15, 0.2) is 5.16 Å². The summed E-state index contributed by atoms with van der Waals surface area (Å²) < 4.78 is 22.8. The average Bonchev–Trinajstić information content (AvgIpc) is 2.26. The fourth-order valence-electron chi connectivity index (χ4n) is 1.57. The summed E-state index contributed by atoms with van der Waals surface area (Å²) in [5, 5.41) is 7.06. The Kier molecular flexibility index (Phi) is 5.63. The molecule has 0 aliphatic carbocycles. The van der Waals surface area contributed by atoms with Gasteiger partial charge < -0.3 is 10.2 Å². The van der Waals surface area contributed by atoms with E-state index >= 15 is 0 Å². The molecule has 0 amide bonds. The van der Waals surface area contributed by atoms with Crippen LogP contribution < -0.4 is 5.32 Å². The summed E-state index contributed by atoms with van der Waals surface area (Å²) >= 11 is 0. The van der Waals surface area contributed by atoms with Crippen LogP contribution in [0, 0.1) is 17.8 Å². The SMILES string of the molecule is CC#C/C(=N\OC[C@H]1CS(=O)(=O)CCN1)C(C)C.